The number of aryl methyl sites for hydroxylation is 1. The molecule has 0 saturated carbocycles. The molecule has 3 rings (SSSR count). The first kappa shape index (κ1) is 17.2. The van der Waals surface area contributed by atoms with E-state index in [-0.39, 0.29) is 11.8 Å². The van der Waals surface area contributed by atoms with Crippen LogP contribution in [0.25, 0.3) is 0 Å². The molecule has 0 aromatic heterocycles. The maximum Gasteiger partial charge on any atom is 0.335 e. The third-order valence-corrected chi connectivity index (χ3v) is 4.98. The Bertz CT molecular complexity index is 756. The molecule has 1 N–H and O–H groups in total. The number of nitrogens with one attached hydrogen (secondary N) is 1. The maximum atomic E-state index is 12.9. The highest BCUT2D eigenvalue weighted by Crippen LogP contribution is 2.41. The minimum Gasteiger partial charge on any atom is -0.450 e. The van der Waals surface area contributed by atoms with Crippen LogP contribution in [-0.2, 0) is 19.1 Å². The lowest BCUT2D eigenvalue weighted by Crippen LogP contribution is -2.49. The van der Waals surface area contributed by atoms with Gasteiger partial charge < -0.3 is 15.0 Å². The first-order valence-corrected chi connectivity index (χ1v) is 8.41. The van der Waals surface area contributed by atoms with Crippen molar-refractivity contribution in [3.05, 3.63) is 41.0 Å². The summed E-state index contributed by atoms with van der Waals surface area (Å²) in [6, 6.07) is 7.47. The Labute approximate surface area is 146 Å². The summed E-state index contributed by atoms with van der Waals surface area (Å²) in [5.74, 6) is -0.778. The first-order chi connectivity index (χ1) is 11.8. The molecular weight excluding hydrogens is 320 g/mol. The first-order valence-electron chi connectivity index (χ1n) is 8.41. The third-order valence-electron chi connectivity index (χ3n) is 4.98. The SMILES string of the molecule is CC(=O)N1CCC2(CC1)OC(=O)C(C)=C2C(=O)Nc1ccc(C)cc1. The Morgan fingerprint density at radius 3 is 2.28 bits per heavy atom. The van der Waals surface area contributed by atoms with Gasteiger partial charge in [0.15, 0.2) is 0 Å². The van der Waals surface area contributed by atoms with E-state index in [0.717, 1.165) is 5.56 Å². The monoisotopic (exact) mass is 342 g/mol. The number of anilines is 1. The van der Waals surface area contributed by atoms with Crippen molar-refractivity contribution in [2.75, 3.05) is 18.4 Å². The average Bonchev–Trinajstić information content (AvgIpc) is 2.80. The summed E-state index contributed by atoms with van der Waals surface area (Å²) in [7, 11) is 0. The van der Waals surface area contributed by atoms with Gasteiger partial charge in [-0.2, -0.15) is 0 Å². The molecule has 2 amide bonds. The molecule has 1 fully saturated rings. The number of amides is 2. The summed E-state index contributed by atoms with van der Waals surface area (Å²) in [5.41, 5.74) is 1.58. The molecule has 0 radical (unpaired) electrons. The van der Waals surface area contributed by atoms with E-state index < -0.39 is 11.6 Å². The smallest absolute Gasteiger partial charge is 0.335 e. The Kier molecular flexibility index (Phi) is 4.37. The van der Waals surface area contributed by atoms with E-state index in [2.05, 4.69) is 5.32 Å². The Hall–Kier alpha value is -2.63. The van der Waals surface area contributed by atoms with Crippen LogP contribution in [0.15, 0.2) is 35.4 Å². The maximum absolute atomic E-state index is 12.9. The van der Waals surface area contributed by atoms with Crippen LogP contribution in [0.1, 0.15) is 32.3 Å². The van der Waals surface area contributed by atoms with Crippen molar-refractivity contribution in [1.82, 2.24) is 4.90 Å². The van der Waals surface area contributed by atoms with Gasteiger partial charge in [0, 0.05) is 44.1 Å². The molecule has 132 valence electrons. The van der Waals surface area contributed by atoms with Crippen LogP contribution < -0.4 is 5.32 Å². The van der Waals surface area contributed by atoms with E-state index >= 15 is 0 Å². The van der Waals surface area contributed by atoms with Gasteiger partial charge in [-0.25, -0.2) is 4.79 Å². The zero-order chi connectivity index (χ0) is 18.2. The predicted octanol–water partition coefficient (Wildman–Crippen LogP) is 2.19. The second-order valence-electron chi connectivity index (χ2n) is 6.71. The van der Waals surface area contributed by atoms with Crippen LogP contribution in [0.4, 0.5) is 5.69 Å². The van der Waals surface area contributed by atoms with E-state index in [1.165, 1.54) is 6.92 Å². The lowest BCUT2D eigenvalue weighted by Gasteiger charge is -2.39. The van der Waals surface area contributed by atoms with Gasteiger partial charge >= 0.3 is 5.97 Å². The average molecular weight is 342 g/mol. The van der Waals surface area contributed by atoms with Crippen molar-refractivity contribution in [2.24, 2.45) is 0 Å². The molecule has 6 heteroatoms. The number of rotatable bonds is 2. The molecule has 2 heterocycles. The molecule has 6 nitrogen and oxygen atoms in total. The second kappa shape index (κ2) is 6.35. The number of benzene rings is 1. The second-order valence-corrected chi connectivity index (χ2v) is 6.71. The van der Waals surface area contributed by atoms with Crippen LogP contribution in [-0.4, -0.2) is 41.4 Å². The van der Waals surface area contributed by atoms with E-state index in [0.29, 0.717) is 42.8 Å². The van der Waals surface area contributed by atoms with Crippen molar-refractivity contribution in [2.45, 2.75) is 39.2 Å². The van der Waals surface area contributed by atoms with Crippen LogP contribution in [0.2, 0.25) is 0 Å². The minimum absolute atomic E-state index is 0.00877. The quantitative estimate of drug-likeness (QED) is 0.836. The molecule has 1 aromatic carbocycles. The molecule has 1 aromatic rings. The van der Waals surface area contributed by atoms with Gasteiger partial charge in [-0.3, -0.25) is 9.59 Å². The number of ether oxygens (including phenoxy) is 1. The Morgan fingerprint density at radius 1 is 1.12 bits per heavy atom. The van der Waals surface area contributed by atoms with Gasteiger partial charge in [0.2, 0.25) is 5.91 Å². The molecule has 0 unspecified atom stereocenters. The van der Waals surface area contributed by atoms with E-state index in [4.69, 9.17) is 4.74 Å². The number of carbonyl (C=O) groups is 3. The minimum atomic E-state index is -0.929. The number of hydrogen-bond donors (Lipinski definition) is 1. The topological polar surface area (TPSA) is 75.7 Å². The van der Waals surface area contributed by atoms with Crippen molar-refractivity contribution in [3.63, 3.8) is 0 Å². The number of carbonyl (C=O) groups excluding carboxylic acids is 3. The molecule has 2 aliphatic rings. The van der Waals surface area contributed by atoms with Crippen molar-refractivity contribution >= 4 is 23.5 Å². The molecule has 2 aliphatic heterocycles. The number of likely N-dealkylation sites (tertiary alicyclic amines) is 1. The fourth-order valence-electron chi connectivity index (χ4n) is 3.49. The van der Waals surface area contributed by atoms with Crippen molar-refractivity contribution in [1.29, 1.82) is 0 Å². The predicted molar refractivity (Wildman–Crippen MR) is 92.8 cm³/mol. The van der Waals surface area contributed by atoms with E-state index in [1.807, 2.05) is 31.2 Å². The van der Waals surface area contributed by atoms with Gasteiger partial charge in [-0.15, -0.1) is 0 Å². The highest BCUT2D eigenvalue weighted by Gasteiger charge is 2.51. The summed E-state index contributed by atoms with van der Waals surface area (Å²) in [5, 5.41) is 2.86. The highest BCUT2D eigenvalue weighted by molar-refractivity contribution is 6.12. The lowest BCUT2D eigenvalue weighted by atomic mass is 9.82. The summed E-state index contributed by atoms with van der Waals surface area (Å²) < 4.78 is 5.61. The van der Waals surface area contributed by atoms with Gasteiger partial charge in [-0.1, -0.05) is 17.7 Å². The largest absolute Gasteiger partial charge is 0.450 e. The number of piperidine rings is 1. The summed E-state index contributed by atoms with van der Waals surface area (Å²) in [6.45, 7) is 6.05. The van der Waals surface area contributed by atoms with Crippen LogP contribution in [0.5, 0.6) is 0 Å². The molecular formula is C19H22N2O4. The van der Waals surface area contributed by atoms with Gasteiger partial charge in [0.05, 0.1) is 5.57 Å². The van der Waals surface area contributed by atoms with Crippen molar-refractivity contribution in [3.8, 4) is 0 Å². The fraction of sp³-hybridized carbons (Fsp3) is 0.421. The van der Waals surface area contributed by atoms with Gasteiger partial charge in [0.1, 0.15) is 5.60 Å². The summed E-state index contributed by atoms with van der Waals surface area (Å²) >= 11 is 0. The molecule has 25 heavy (non-hydrogen) atoms. The third kappa shape index (κ3) is 3.16. The van der Waals surface area contributed by atoms with Crippen LogP contribution >= 0.6 is 0 Å². The van der Waals surface area contributed by atoms with Crippen LogP contribution in [0.3, 0.4) is 0 Å². The number of nitrogens with zero attached hydrogens (tertiary/aromatic N) is 1. The zero-order valence-electron chi connectivity index (χ0n) is 14.7. The summed E-state index contributed by atoms with van der Waals surface area (Å²) in [6.07, 6.45) is 0.874. The Balaban J connectivity index is 1.84. The molecule has 1 spiro atoms. The van der Waals surface area contributed by atoms with Gasteiger partial charge in [-0.05, 0) is 26.0 Å². The van der Waals surface area contributed by atoms with Crippen molar-refractivity contribution < 1.29 is 19.1 Å². The molecule has 0 atom stereocenters. The normalized spacial score (nSPS) is 19.2. The van der Waals surface area contributed by atoms with E-state index in [9.17, 15) is 14.4 Å². The lowest BCUT2D eigenvalue weighted by molar-refractivity contribution is -0.152. The molecule has 0 bridgehead atoms. The van der Waals surface area contributed by atoms with Gasteiger partial charge in [0.25, 0.3) is 5.91 Å². The van der Waals surface area contributed by atoms with Crippen LogP contribution in [0, 0.1) is 6.92 Å². The van der Waals surface area contributed by atoms with E-state index in [1.54, 1.807) is 11.8 Å². The zero-order valence-corrected chi connectivity index (χ0v) is 14.7. The molecule has 0 aliphatic carbocycles. The standard InChI is InChI=1S/C19H22N2O4/c1-12-4-6-15(7-5-12)20-17(23)16-13(2)18(24)25-19(16)8-10-21(11-9-19)14(3)22/h4-7H,8-11H2,1-3H3,(H,20,23). The fourth-order valence-corrected chi connectivity index (χ4v) is 3.49. The number of esters is 1. The highest BCUT2D eigenvalue weighted by atomic mass is 16.6. The Morgan fingerprint density at radius 2 is 1.72 bits per heavy atom. The number of hydrogen-bond acceptors (Lipinski definition) is 4. The summed E-state index contributed by atoms with van der Waals surface area (Å²) in [4.78, 5) is 38.2. The molecule has 1 saturated heterocycles.